The highest BCUT2D eigenvalue weighted by atomic mass is 19.1. The Morgan fingerprint density at radius 1 is 1.05 bits per heavy atom. The highest BCUT2D eigenvalue weighted by molar-refractivity contribution is 6.07. The first-order chi connectivity index (χ1) is 20.0. The number of halogens is 1. The molecule has 0 radical (unpaired) electrons. The maximum absolute atomic E-state index is 13.3. The van der Waals surface area contributed by atoms with Crippen LogP contribution in [-0.4, -0.2) is 44.3 Å². The Labute approximate surface area is 237 Å². The van der Waals surface area contributed by atoms with E-state index in [1.807, 2.05) is 35.0 Å². The van der Waals surface area contributed by atoms with Crippen molar-refractivity contribution in [2.45, 2.75) is 64.1 Å². The van der Waals surface area contributed by atoms with Crippen LogP contribution >= 0.6 is 0 Å². The van der Waals surface area contributed by atoms with Gasteiger partial charge < -0.3 is 20.7 Å². The molecule has 11 heteroatoms. The smallest absolute Gasteiger partial charge is 0.407 e. The number of nitrogens with one attached hydrogen (secondary N) is 3. The van der Waals surface area contributed by atoms with Crippen molar-refractivity contribution < 1.29 is 18.7 Å². The molecule has 2 amide bonds. The Kier molecular flexibility index (Phi) is 9.02. The zero-order chi connectivity index (χ0) is 28.6. The van der Waals surface area contributed by atoms with E-state index < -0.39 is 17.8 Å². The third-order valence-electron chi connectivity index (χ3n) is 7.18. The number of alkyl carbamates (subject to hydrolysis) is 1. The van der Waals surface area contributed by atoms with Crippen molar-refractivity contribution in [3.8, 4) is 0 Å². The van der Waals surface area contributed by atoms with E-state index >= 15 is 0 Å². The molecule has 0 atom stereocenters. The number of carbonyl (C=O) groups excluding carboxylic acids is 2. The summed E-state index contributed by atoms with van der Waals surface area (Å²) in [6, 6.07) is 14.9. The first-order valence-electron chi connectivity index (χ1n) is 14.0. The topological polar surface area (TPSA) is 123 Å². The molecule has 4 aromatic rings. The lowest BCUT2D eigenvalue weighted by atomic mass is 9.91. The lowest BCUT2D eigenvalue weighted by Gasteiger charge is -2.29. The van der Waals surface area contributed by atoms with Crippen LogP contribution in [0.1, 0.15) is 67.4 Å². The van der Waals surface area contributed by atoms with Crippen LogP contribution in [-0.2, 0) is 11.3 Å². The number of benzene rings is 2. The average Bonchev–Trinajstić information content (AvgIpc) is 3.35. The van der Waals surface area contributed by atoms with Crippen molar-refractivity contribution >= 4 is 34.8 Å². The van der Waals surface area contributed by atoms with Gasteiger partial charge in [0.15, 0.2) is 11.5 Å². The minimum absolute atomic E-state index is 0.00473. The van der Waals surface area contributed by atoms with E-state index in [-0.39, 0.29) is 18.7 Å². The molecule has 1 fully saturated rings. The van der Waals surface area contributed by atoms with Crippen LogP contribution in [0.15, 0.2) is 60.8 Å². The number of unbranched alkanes of at least 4 members (excludes halogenated alkanes) is 1. The van der Waals surface area contributed by atoms with Crippen LogP contribution < -0.4 is 16.0 Å². The van der Waals surface area contributed by atoms with Gasteiger partial charge in [0.1, 0.15) is 12.4 Å². The van der Waals surface area contributed by atoms with Gasteiger partial charge in [-0.1, -0.05) is 43.7 Å². The molecule has 0 spiro atoms. The maximum Gasteiger partial charge on any atom is 0.407 e. The molecule has 214 valence electrons. The van der Waals surface area contributed by atoms with Crippen molar-refractivity contribution in [3.63, 3.8) is 0 Å². The number of carbonyl (C=O) groups is 2. The molecule has 2 aromatic heterocycles. The van der Waals surface area contributed by atoms with Gasteiger partial charge in [0, 0.05) is 24.3 Å². The molecule has 3 N–H and O–H groups in total. The van der Waals surface area contributed by atoms with Gasteiger partial charge in [-0.25, -0.2) is 18.9 Å². The molecule has 0 aliphatic heterocycles. The number of aromatic nitrogens is 4. The fourth-order valence-corrected chi connectivity index (χ4v) is 4.91. The Bertz CT molecular complexity index is 1470. The van der Waals surface area contributed by atoms with E-state index in [4.69, 9.17) is 14.8 Å². The summed E-state index contributed by atoms with van der Waals surface area (Å²) < 4.78 is 20.6. The summed E-state index contributed by atoms with van der Waals surface area (Å²) in [4.78, 5) is 34.4. The highest BCUT2D eigenvalue weighted by Crippen LogP contribution is 2.33. The second-order valence-corrected chi connectivity index (χ2v) is 10.2. The second kappa shape index (κ2) is 13.2. The summed E-state index contributed by atoms with van der Waals surface area (Å²) >= 11 is 0. The van der Waals surface area contributed by atoms with Crippen LogP contribution in [0.3, 0.4) is 0 Å². The van der Waals surface area contributed by atoms with Gasteiger partial charge in [0.2, 0.25) is 5.95 Å². The van der Waals surface area contributed by atoms with Crippen LogP contribution in [0.4, 0.5) is 21.0 Å². The van der Waals surface area contributed by atoms with Gasteiger partial charge in [0.05, 0.1) is 11.4 Å². The minimum Gasteiger partial charge on any atom is -0.445 e. The number of anilines is 2. The second-order valence-electron chi connectivity index (χ2n) is 10.2. The third-order valence-corrected chi connectivity index (χ3v) is 7.18. The summed E-state index contributed by atoms with van der Waals surface area (Å²) in [5, 5.41) is 14.4. The Hall–Kier alpha value is -4.54. The molecule has 2 heterocycles. The number of hydrogen-bond acceptors (Lipinski definition) is 7. The number of ether oxygens (including phenoxy) is 1. The summed E-state index contributed by atoms with van der Waals surface area (Å²) in [5.41, 5.74) is 1.87. The molecule has 0 bridgehead atoms. The lowest BCUT2D eigenvalue weighted by molar-refractivity contribution is 0.102. The predicted molar refractivity (Wildman–Crippen MR) is 154 cm³/mol. The third kappa shape index (κ3) is 7.16. The Balaban J connectivity index is 1.28. The summed E-state index contributed by atoms with van der Waals surface area (Å²) in [7, 11) is 0. The average molecular weight is 560 g/mol. The van der Waals surface area contributed by atoms with Gasteiger partial charge >= 0.3 is 6.09 Å². The monoisotopic (exact) mass is 559 g/mol. The van der Waals surface area contributed by atoms with E-state index in [1.54, 1.807) is 6.20 Å². The molecule has 0 saturated heterocycles. The predicted octanol–water partition coefficient (Wildman–Crippen LogP) is 5.84. The number of hydrogen-bond donors (Lipinski definition) is 3. The Morgan fingerprint density at radius 3 is 2.54 bits per heavy atom. The van der Waals surface area contributed by atoms with Gasteiger partial charge in [-0.15, -0.1) is 0 Å². The zero-order valence-electron chi connectivity index (χ0n) is 23.0. The lowest BCUT2D eigenvalue weighted by Crippen LogP contribution is -2.38. The first kappa shape index (κ1) is 28.0. The normalized spacial score (nSPS) is 16.7. The van der Waals surface area contributed by atoms with Crippen LogP contribution in [0, 0.1) is 5.82 Å². The van der Waals surface area contributed by atoms with Gasteiger partial charge in [-0.2, -0.15) is 10.1 Å². The fourth-order valence-electron chi connectivity index (χ4n) is 4.91. The molecule has 1 saturated carbocycles. The number of rotatable bonds is 10. The number of nitrogens with zero attached hydrogens (tertiary/aromatic N) is 4. The van der Waals surface area contributed by atoms with E-state index in [9.17, 15) is 14.0 Å². The van der Waals surface area contributed by atoms with Crippen molar-refractivity contribution in [2.75, 3.05) is 17.2 Å². The summed E-state index contributed by atoms with van der Waals surface area (Å²) in [5.74, 6) is 0.0325. The van der Waals surface area contributed by atoms with Crippen LogP contribution in [0.2, 0.25) is 0 Å². The molecule has 5 rings (SSSR count). The fraction of sp³-hybridized carbons (Fsp3) is 0.367. The minimum atomic E-state index is -0.428. The number of amides is 2. The molecule has 2 aromatic carbocycles. The van der Waals surface area contributed by atoms with Crippen molar-refractivity contribution in [1.29, 1.82) is 0 Å². The first-order valence-corrected chi connectivity index (χ1v) is 14.0. The van der Waals surface area contributed by atoms with Gasteiger partial charge in [-0.3, -0.25) is 4.79 Å². The summed E-state index contributed by atoms with van der Waals surface area (Å²) in [6.45, 7) is 3.09. The largest absolute Gasteiger partial charge is 0.445 e. The summed E-state index contributed by atoms with van der Waals surface area (Å²) in [6.07, 6.45) is 6.28. The van der Waals surface area contributed by atoms with Gasteiger partial charge in [0.25, 0.3) is 5.91 Å². The van der Waals surface area contributed by atoms with Crippen LogP contribution in [0.5, 0.6) is 0 Å². The van der Waals surface area contributed by atoms with E-state index in [1.165, 1.54) is 24.3 Å². The quantitative estimate of drug-likeness (QED) is 0.209. The standard InChI is InChI=1S/C30H34FN7O3/c1-2-3-17-32-29-33-18-25-26(35-28(39)21-9-11-22(31)12-10-21)37-38(27(25)36-29)24-15-13-23(14-16-24)34-30(40)41-19-20-7-5-4-6-8-20/h4-12,18,23-24H,2-3,13-17,19H2,1H3,(H,34,40)(H,32,33,36)(H,35,37,39). The molecule has 1 aliphatic carbocycles. The van der Waals surface area contributed by atoms with Gasteiger partial charge in [-0.05, 0) is 61.9 Å². The van der Waals surface area contributed by atoms with E-state index in [0.29, 0.717) is 28.4 Å². The molecule has 41 heavy (non-hydrogen) atoms. The Morgan fingerprint density at radius 2 is 1.80 bits per heavy atom. The zero-order valence-corrected chi connectivity index (χ0v) is 23.0. The molecule has 10 nitrogen and oxygen atoms in total. The number of fused-ring (bicyclic) bond motifs is 1. The van der Waals surface area contributed by atoms with Crippen molar-refractivity contribution in [2.24, 2.45) is 0 Å². The molecule has 1 aliphatic rings. The van der Waals surface area contributed by atoms with Crippen LogP contribution in [0.25, 0.3) is 11.0 Å². The van der Waals surface area contributed by atoms with E-state index in [0.717, 1.165) is 50.6 Å². The molecular weight excluding hydrogens is 525 g/mol. The molecular formula is C30H34FN7O3. The van der Waals surface area contributed by atoms with Crippen molar-refractivity contribution in [3.05, 3.63) is 77.7 Å². The van der Waals surface area contributed by atoms with Crippen molar-refractivity contribution in [1.82, 2.24) is 25.1 Å². The SMILES string of the molecule is CCCCNc1ncc2c(NC(=O)c3ccc(F)cc3)nn(C3CCC(NC(=O)OCc4ccccc4)CC3)c2n1. The highest BCUT2D eigenvalue weighted by Gasteiger charge is 2.28. The maximum atomic E-state index is 13.3. The molecule has 0 unspecified atom stereocenters. The van der Waals surface area contributed by atoms with E-state index in [2.05, 4.69) is 27.9 Å².